The number of hydrogen-bond donors (Lipinski definition) is 1. The summed E-state index contributed by atoms with van der Waals surface area (Å²) >= 11 is 0. The summed E-state index contributed by atoms with van der Waals surface area (Å²) in [6.07, 6.45) is 3.35. The lowest BCUT2D eigenvalue weighted by Crippen LogP contribution is -2.50. The zero-order valence-corrected chi connectivity index (χ0v) is 27.4. The number of anilines is 1. The average molecular weight is 646 g/mol. The molecule has 2 atom stereocenters. The summed E-state index contributed by atoms with van der Waals surface area (Å²) in [7, 11) is 2.72. The quantitative estimate of drug-likeness (QED) is 0.164. The van der Waals surface area contributed by atoms with Crippen LogP contribution in [0.5, 0.6) is 5.75 Å². The van der Waals surface area contributed by atoms with Crippen LogP contribution in [-0.2, 0) is 26.4 Å². The number of fused-ring (bicyclic) bond motifs is 1. The molecular weight excluding hydrogens is 606 g/mol. The Labute approximate surface area is 280 Å². The van der Waals surface area contributed by atoms with Crippen molar-refractivity contribution in [3.63, 3.8) is 0 Å². The number of ether oxygens (including phenoxy) is 3. The molecule has 1 aliphatic carbocycles. The second kappa shape index (κ2) is 13.8. The fourth-order valence-electron chi connectivity index (χ4n) is 7.28. The molecule has 48 heavy (non-hydrogen) atoms. The Hall–Kier alpha value is -5.37. The highest BCUT2D eigenvalue weighted by Crippen LogP contribution is 2.56. The van der Waals surface area contributed by atoms with Crippen LogP contribution in [-0.4, -0.2) is 43.3 Å². The molecule has 0 spiro atoms. The summed E-state index contributed by atoms with van der Waals surface area (Å²) in [5.74, 6) is -1.49. The summed E-state index contributed by atoms with van der Waals surface area (Å²) in [5, 5.41) is 10.1. The van der Waals surface area contributed by atoms with Crippen molar-refractivity contribution in [3.05, 3.63) is 130 Å². The normalized spacial score (nSPS) is 18.4. The number of hydrogen-bond acceptors (Lipinski definition) is 7. The van der Waals surface area contributed by atoms with Crippen LogP contribution in [0.15, 0.2) is 108 Å². The van der Waals surface area contributed by atoms with Crippen LogP contribution >= 0.6 is 0 Å². The topological polar surface area (TPSA) is 102 Å². The summed E-state index contributed by atoms with van der Waals surface area (Å²) < 4.78 is 17.5. The van der Waals surface area contributed by atoms with Crippen LogP contribution in [0.3, 0.4) is 0 Å². The predicted octanol–water partition coefficient (Wildman–Crippen LogP) is 7.96. The summed E-state index contributed by atoms with van der Waals surface area (Å²) in [5.41, 5.74) is 5.47. The number of carboxylic acids is 1. The van der Waals surface area contributed by atoms with Gasteiger partial charge in [0.25, 0.3) is 0 Å². The summed E-state index contributed by atoms with van der Waals surface area (Å²) in [4.78, 5) is 40.4. The van der Waals surface area contributed by atoms with E-state index in [1.165, 1.54) is 14.2 Å². The molecule has 4 aromatic carbocycles. The Morgan fingerprint density at radius 1 is 0.812 bits per heavy atom. The molecule has 0 aromatic heterocycles. The minimum Gasteiger partial charge on any atom is -0.478 e. The second-order valence-electron chi connectivity index (χ2n) is 12.2. The van der Waals surface area contributed by atoms with Crippen molar-refractivity contribution in [3.8, 4) is 16.9 Å². The van der Waals surface area contributed by atoms with Crippen molar-refractivity contribution in [2.45, 2.75) is 57.2 Å². The van der Waals surface area contributed by atoms with Gasteiger partial charge in [-0.2, -0.15) is 0 Å². The number of rotatable bonds is 11. The number of benzene rings is 4. The standard InChI is InChI=1S/C40H39NO7/c1-4-10-36-40(33-16-9-15-32(33)39(45)47-3,48-31-14-8-13-30(23-31)38(44)46-2)34-22-21-29(37(42)43)24-35(34)41(36)25-26-17-19-28(20-18-26)27-11-6-5-7-12-27/h5-8,11-14,17-24,36H,4,9-10,15-16,25H2,1-3H3,(H,42,43). The van der Waals surface area contributed by atoms with Crippen molar-refractivity contribution in [2.75, 3.05) is 19.1 Å². The van der Waals surface area contributed by atoms with E-state index in [9.17, 15) is 19.5 Å². The van der Waals surface area contributed by atoms with Crippen molar-refractivity contribution < 1.29 is 33.7 Å². The van der Waals surface area contributed by atoms with Crippen LogP contribution in [0.2, 0.25) is 0 Å². The molecule has 8 nitrogen and oxygen atoms in total. The molecule has 0 amide bonds. The van der Waals surface area contributed by atoms with E-state index in [0.29, 0.717) is 42.7 Å². The molecule has 0 bridgehead atoms. The smallest absolute Gasteiger partial charge is 0.337 e. The van der Waals surface area contributed by atoms with Gasteiger partial charge in [-0.05, 0) is 78.3 Å². The minimum absolute atomic E-state index is 0.158. The molecule has 0 saturated carbocycles. The van der Waals surface area contributed by atoms with Gasteiger partial charge in [0.15, 0.2) is 5.60 Å². The van der Waals surface area contributed by atoms with E-state index in [0.717, 1.165) is 46.4 Å². The molecule has 1 aliphatic heterocycles. The Morgan fingerprint density at radius 3 is 2.23 bits per heavy atom. The summed E-state index contributed by atoms with van der Waals surface area (Å²) in [6, 6.07) is 30.2. The van der Waals surface area contributed by atoms with Crippen molar-refractivity contribution >= 4 is 23.6 Å². The van der Waals surface area contributed by atoms with E-state index >= 15 is 0 Å². The maximum absolute atomic E-state index is 13.3. The molecule has 0 radical (unpaired) electrons. The van der Waals surface area contributed by atoms with Crippen LogP contribution in [0.4, 0.5) is 5.69 Å². The SMILES string of the molecule is CCCC1N(Cc2ccc(-c3ccccc3)cc2)c2cc(C(=O)O)ccc2C1(Oc1cccc(C(=O)OC)c1)C1=C(C(=O)OC)CCC1. The van der Waals surface area contributed by atoms with Crippen molar-refractivity contribution in [1.82, 2.24) is 0 Å². The number of methoxy groups -OCH3 is 2. The Balaban J connectivity index is 1.55. The zero-order valence-electron chi connectivity index (χ0n) is 27.4. The van der Waals surface area contributed by atoms with Crippen LogP contribution < -0.4 is 9.64 Å². The van der Waals surface area contributed by atoms with Gasteiger partial charge in [-0.15, -0.1) is 0 Å². The van der Waals surface area contributed by atoms with Crippen LogP contribution in [0, 0.1) is 0 Å². The number of carboxylic acid groups (broad SMARTS) is 1. The number of nitrogens with zero attached hydrogens (tertiary/aromatic N) is 1. The van der Waals surface area contributed by atoms with Crippen LogP contribution in [0.25, 0.3) is 11.1 Å². The first-order valence-electron chi connectivity index (χ1n) is 16.3. The second-order valence-corrected chi connectivity index (χ2v) is 12.2. The van der Waals surface area contributed by atoms with Gasteiger partial charge in [0.05, 0.1) is 31.4 Å². The first kappa shape index (κ1) is 32.6. The van der Waals surface area contributed by atoms with Gasteiger partial charge < -0.3 is 24.2 Å². The first-order chi connectivity index (χ1) is 23.3. The number of esters is 2. The van der Waals surface area contributed by atoms with Gasteiger partial charge in [0.2, 0.25) is 0 Å². The van der Waals surface area contributed by atoms with E-state index < -0.39 is 23.5 Å². The number of aromatic carboxylic acids is 1. The molecule has 8 heteroatoms. The van der Waals surface area contributed by atoms with E-state index in [1.807, 2.05) is 24.3 Å². The van der Waals surface area contributed by atoms with E-state index in [-0.39, 0.29) is 11.6 Å². The largest absolute Gasteiger partial charge is 0.478 e. The fourth-order valence-corrected chi connectivity index (χ4v) is 7.28. The molecule has 0 fully saturated rings. The highest BCUT2D eigenvalue weighted by Gasteiger charge is 2.57. The van der Waals surface area contributed by atoms with Crippen molar-refractivity contribution in [2.24, 2.45) is 0 Å². The third-order valence-corrected chi connectivity index (χ3v) is 9.41. The van der Waals surface area contributed by atoms with Gasteiger partial charge >= 0.3 is 17.9 Å². The lowest BCUT2D eigenvalue weighted by Gasteiger charge is -2.41. The molecular formula is C40H39NO7. The maximum atomic E-state index is 13.3. The maximum Gasteiger partial charge on any atom is 0.337 e. The minimum atomic E-state index is -1.18. The van der Waals surface area contributed by atoms with Gasteiger partial charge in [0.1, 0.15) is 5.75 Å². The zero-order chi connectivity index (χ0) is 33.8. The Bertz CT molecular complexity index is 1860. The molecule has 1 heterocycles. The van der Waals surface area contributed by atoms with Crippen LogP contribution in [0.1, 0.15) is 70.9 Å². The number of carbonyl (C=O) groups is 3. The number of carbonyl (C=O) groups excluding carboxylic acids is 2. The fraction of sp³-hybridized carbons (Fsp3) is 0.275. The molecule has 4 aromatic rings. The lowest BCUT2D eigenvalue weighted by molar-refractivity contribution is -0.136. The molecule has 246 valence electrons. The van der Waals surface area contributed by atoms with Gasteiger partial charge in [0, 0.05) is 23.4 Å². The molecule has 2 aliphatic rings. The van der Waals surface area contributed by atoms with E-state index in [2.05, 4.69) is 48.2 Å². The van der Waals surface area contributed by atoms with Crippen molar-refractivity contribution in [1.29, 1.82) is 0 Å². The molecule has 1 N–H and O–H groups in total. The van der Waals surface area contributed by atoms with E-state index in [1.54, 1.807) is 36.4 Å². The summed E-state index contributed by atoms with van der Waals surface area (Å²) in [6.45, 7) is 2.58. The Kier molecular flexibility index (Phi) is 9.35. The van der Waals surface area contributed by atoms with E-state index in [4.69, 9.17) is 14.2 Å². The third kappa shape index (κ3) is 5.94. The lowest BCUT2D eigenvalue weighted by atomic mass is 9.78. The Morgan fingerprint density at radius 2 is 1.54 bits per heavy atom. The first-order valence-corrected chi connectivity index (χ1v) is 16.3. The van der Waals surface area contributed by atoms with Gasteiger partial charge in [-0.25, -0.2) is 14.4 Å². The molecule has 0 saturated heterocycles. The average Bonchev–Trinajstić information content (AvgIpc) is 3.71. The monoisotopic (exact) mass is 645 g/mol. The highest BCUT2D eigenvalue weighted by molar-refractivity contribution is 5.93. The third-order valence-electron chi connectivity index (χ3n) is 9.41. The molecule has 2 unspecified atom stereocenters. The van der Waals surface area contributed by atoms with Gasteiger partial charge in [-0.1, -0.05) is 80.1 Å². The molecule has 6 rings (SSSR count). The highest BCUT2D eigenvalue weighted by atomic mass is 16.5. The van der Waals surface area contributed by atoms with Gasteiger partial charge in [-0.3, -0.25) is 0 Å². The predicted molar refractivity (Wildman–Crippen MR) is 183 cm³/mol.